The Bertz CT molecular complexity index is 1000. The Hall–Kier alpha value is -2.99. The first kappa shape index (κ1) is 15.5. The van der Waals surface area contributed by atoms with Gasteiger partial charge in [-0.15, -0.1) is 11.3 Å². The van der Waals surface area contributed by atoms with Crippen LogP contribution in [0.2, 0.25) is 0 Å². The molecule has 4 aromatic rings. The van der Waals surface area contributed by atoms with Crippen molar-refractivity contribution in [2.45, 2.75) is 6.92 Å². The lowest BCUT2D eigenvalue weighted by Crippen LogP contribution is -1.97. The van der Waals surface area contributed by atoms with E-state index in [1.165, 1.54) is 0 Å². The van der Waals surface area contributed by atoms with E-state index in [4.69, 9.17) is 0 Å². The third-order valence-corrected chi connectivity index (χ3v) is 4.98. The minimum atomic E-state index is 0.775. The van der Waals surface area contributed by atoms with Crippen LogP contribution in [0.3, 0.4) is 0 Å². The van der Waals surface area contributed by atoms with E-state index in [2.05, 4.69) is 43.0 Å². The Kier molecular flexibility index (Phi) is 4.03. The lowest BCUT2D eigenvalue weighted by molar-refractivity contribution is 0.865. The number of benzene rings is 1. The monoisotopic (exact) mass is 347 g/mol. The summed E-state index contributed by atoms with van der Waals surface area (Å²) in [6.07, 6.45) is 3.49. The van der Waals surface area contributed by atoms with Crippen molar-refractivity contribution >= 4 is 22.8 Å². The van der Waals surface area contributed by atoms with Gasteiger partial charge in [-0.25, -0.2) is 15.0 Å². The highest BCUT2D eigenvalue weighted by Crippen LogP contribution is 2.27. The minimum Gasteiger partial charge on any atom is -0.340 e. The minimum absolute atomic E-state index is 0.775. The normalized spacial score (nSPS) is 10.8. The van der Waals surface area contributed by atoms with E-state index < -0.39 is 0 Å². The Morgan fingerprint density at radius 2 is 1.96 bits per heavy atom. The highest BCUT2D eigenvalue weighted by Gasteiger charge is 2.07. The number of aromatic nitrogens is 4. The zero-order valence-corrected chi connectivity index (χ0v) is 14.8. The van der Waals surface area contributed by atoms with Crippen LogP contribution >= 0.6 is 11.3 Å². The second-order valence-electron chi connectivity index (χ2n) is 5.72. The zero-order valence-electron chi connectivity index (χ0n) is 14.0. The van der Waals surface area contributed by atoms with Gasteiger partial charge in [0, 0.05) is 24.4 Å². The molecular weight excluding hydrogens is 330 g/mol. The summed E-state index contributed by atoms with van der Waals surface area (Å²) in [7, 11) is 2.02. The molecule has 3 aromatic heterocycles. The largest absolute Gasteiger partial charge is 0.340 e. The molecule has 1 aromatic carbocycles. The van der Waals surface area contributed by atoms with Gasteiger partial charge in [-0.1, -0.05) is 18.2 Å². The second-order valence-corrected chi connectivity index (χ2v) is 6.67. The van der Waals surface area contributed by atoms with Crippen LogP contribution in [0.15, 0.2) is 60.4 Å². The summed E-state index contributed by atoms with van der Waals surface area (Å²) in [6.45, 7) is 2.00. The standard InChI is InChI=1S/C19H17N5S/c1-13-20-11-17(24(13)2)14-5-3-6-15(9-14)23-19-10-16(21-12-22-19)18-7-4-8-25-18/h3-12H,1-2H3,(H,21,22,23). The van der Waals surface area contributed by atoms with Gasteiger partial charge in [-0.05, 0) is 30.5 Å². The average Bonchev–Trinajstić information content (AvgIpc) is 3.27. The molecule has 0 atom stereocenters. The number of hydrogen-bond acceptors (Lipinski definition) is 5. The summed E-state index contributed by atoms with van der Waals surface area (Å²) < 4.78 is 2.08. The van der Waals surface area contributed by atoms with Crippen molar-refractivity contribution in [3.05, 3.63) is 66.2 Å². The number of hydrogen-bond donors (Lipinski definition) is 1. The van der Waals surface area contributed by atoms with Crippen LogP contribution in [0.5, 0.6) is 0 Å². The molecular formula is C19H17N5S. The summed E-state index contributed by atoms with van der Waals surface area (Å²) in [5.41, 5.74) is 4.10. The molecule has 0 aliphatic carbocycles. The van der Waals surface area contributed by atoms with Gasteiger partial charge in [0.2, 0.25) is 0 Å². The first-order valence-electron chi connectivity index (χ1n) is 7.92. The number of thiophene rings is 1. The smallest absolute Gasteiger partial charge is 0.134 e. The lowest BCUT2D eigenvalue weighted by atomic mass is 10.1. The highest BCUT2D eigenvalue weighted by molar-refractivity contribution is 7.13. The van der Waals surface area contributed by atoms with Crippen LogP contribution in [-0.4, -0.2) is 19.5 Å². The quantitative estimate of drug-likeness (QED) is 0.583. The molecule has 1 N–H and O–H groups in total. The summed E-state index contributed by atoms with van der Waals surface area (Å²) in [6, 6.07) is 14.3. The maximum absolute atomic E-state index is 4.37. The topological polar surface area (TPSA) is 55.6 Å². The summed E-state index contributed by atoms with van der Waals surface area (Å²) in [5.74, 6) is 1.77. The van der Waals surface area contributed by atoms with Gasteiger partial charge in [-0.3, -0.25) is 0 Å². The average molecular weight is 347 g/mol. The van der Waals surface area contributed by atoms with E-state index in [0.29, 0.717) is 0 Å². The van der Waals surface area contributed by atoms with E-state index >= 15 is 0 Å². The number of aryl methyl sites for hydroxylation is 1. The predicted molar refractivity (Wildman–Crippen MR) is 102 cm³/mol. The van der Waals surface area contributed by atoms with E-state index in [0.717, 1.165) is 39.2 Å². The summed E-state index contributed by atoms with van der Waals surface area (Å²) >= 11 is 1.67. The molecule has 0 radical (unpaired) electrons. The van der Waals surface area contributed by atoms with Crippen molar-refractivity contribution in [3.63, 3.8) is 0 Å². The zero-order chi connectivity index (χ0) is 17.2. The number of anilines is 2. The Morgan fingerprint density at radius 3 is 2.72 bits per heavy atom. The molecule has 5 nitrogen and oxygen atoms in total. The van der Waals surface area contributed by atoms with Crippen molar-refractivity contribution in [1.29, 1.82) is 0 Å². The van der Waals surface area contributed by atoms with Crippen LogP contribution in [0, 0.1) is 6.92 Å². The fourth-order valence-electron chi connectivity index (χ4n) is 2.66. The predicted octanol–water partition coefficient (Wildman–Crippen LogP) is 4.66. The molecule has 0 unspecified atom stereocenters. The highest BCUT2D eigenvalue weighted by atomic mass is 32.1. The molecule has 0 saturated heterocycles. The number of nitrogens with one attached hydrogen (secondary N) is 1. The van der Waals surface area contributed by atoms with E-state index in [9.17, 15) is 0 Å². The van der Waals surface area contributed by atoms with Gasteiger partial charge in [0.05, 0.1) is 22.5 Å². The van der Waals surface area contributed by atoms with Gasteiger partial charge in [0.15, 0.2) is 0 Å². The first-order valence-corrected chi connectivity index (χ1v) is 8.80. The van der Waals surface area contributed by atoms with Crippen molar-refractivity contribution in [2.24, 2.45) is 7.05 Å². The molecule has 0 saturated carbocycles. The third kappa shape index (κ3) is 3.16. The second kappa shape index (κ2) is 6.49. The fourth-order valence-corrected chi connectivity index (χ4v) is 3.35. The molecule has 3 heterocycles. The number of imidazole rings is 1. The van der Waals surface area contributed by atoms with Crippen LogP contribution in [0.1, 0.15) is 5.82 Å². The SMILES string of the molecule is Cc1ncc(-c2cccc(Nc3cc(-c4cccs4)ncn3)c2)n1C. The summed E-state index contributed by atoms with van der Waals surface area (Å²) in [5, 5.41) is 5.41. The van der Waals surface area contributed by atoms with E-state index in [-0.39, 0.29) is 0 Å². The molecule has 0 aliphatic rings. The van der Waals surface area contributed by atoms with Gasteiger partial charge < -0.3 is 9.88 Å². The molecule has 25 heavy (non-hydrogen) atoms. The Morgan fingerprint density at radius 1 is 1.04 bits per heavy atom. The fraction of sp³-hybridized carbons (Fsp3) is 0.105. The van der Waals surface area contributed by atoms with Gasteiger partial charge >= 0.3 is 0 Å². The maximum atomic E-state index is 4.37. The third-order valence-electron chi connectivity index (χ3n) is 4.09. The van der Waals surface area contributed by atoms with Crippen molar-refractivity contribution in [2.75, 3.05) is 5.32 Å². The molecule has 6 heteroatoms. The molecule has 0 bridgehead atoms. The maximum Gasteiger partial charge on any atom is 0.134 e. The van der Waals surface area contributed by atoms with Crippen LogP contribution in [0.25, 0.3) is 21.8 Å². The Balaban J connectivity index is 1.63. The van der Waals surface area contributed by atoms with Crippen molar-refractivity contribution in [1.82, 2.24) is 19.5 Å². The van der Waals surface area contributed by atoms with Gasteiger partial charge in [0.1, 0.15) is 18.0 Å². The molecule has 124 valence electrons. The molecule has 4 rings (SSSR count). The van der Waals surface area contributed by atoms with E-state index in [1.807, 2.05) is 49.8 Å². The van der Waals surface area contributed by atoms with Gasteiger partial charge in [0.25, 0.3) is 0 Å². The first-order chi connectivity index (χ1) is 12.2. The lowest BCUT2D eigenvalue weighted by Gasteiger charge is -2.09. The molecule has 0 amide bonds. The molecule has 0 fully saturated rings. The molecule has 0 aliphatic heterocycles. The van der Waals surface area contributed by atoms with E-state index in [1.54, 1.807) is 17.7 Å². The van der Waals surface area contributed by atoms with Crippen molar-refractivity contribution < 1.29 is 0 Å². The summed E-state index contributed by atoms with van der Waals surface area (Å²) in [4.78, 5) is 14.2. The molecule has 0 spiro atoms. The number of rotatable bonds is 4. The van der Waals surface area contributed by atoms with Crippen LogP contribution in [-0.2, 0) is 7.05 Å². The van der Waals surface area contributed by atoms with Crippen LogP contribution in [0.4, 0.5) is 11.5 Å². The van der Waals surface area contributed by atoms with Crippen molar-refractivity contribution in [3.8, 4) is 21.8 Å². The van der Waals surface area contributed by atoms with Gasteiger partial charge in [-0.2, -0.15) is 0 Å². The van der Waals surface area contributed by atoms with Crippen LogP contribution < -0.4 is 5.32 Å². The Labute approximate surface area is 150 Å². The number of nitrogens with zero attached hydrogens (tertiary/aromatic N) is 4.